The molecule has 0 saturated heterocycles. The average Bonchev–Trinajstić information content (AvgIpc) is 1.14. The standard InChI is InChI=1S/CF3.HO3S.Sc/c2-1(3)4;1-4(2)3;/h;(H,1,2,3);. The molecule has 0 atom stereocenters. The van der Waals surface area contributed by atoms with Crippen LogP contribution in [0.15, 0.2) is 0 Å². The molecule has 0 aliphatic rings. The van der Waals surface area contributed by atoms with Gasteiger partial charge in [0.15, 0.2) is 0 Å². The molecule has 53 valence electrons. The topological polar surface area (TPSA) is 54.4 Å². The maximum atomic E-state index is 11.1. The quantitative estimate of drug-likeness (QED) is 0.615. The Balaban J connectivity index is 4.07. The molecular weight excluding hydrogens is 194 g/mol. The van der Waals surface area contributed by atoms with Crippen molar-refractivity contribution in [3.63, 3.8) is 0 Å². The van der Waals surface area contributed by atoms with Crippen molar-refractivity contribution in [1.82, 2.24) is 0 Å². The molecule has 0 aromatic heterocycles. The van der Waals surface area contributed by atoms with Crippen LogP contribution < -0.4 is 0 Å². The fraction of sp³-hybridized carbons (Fsp3) is 1.00. The first kappa shape index (κ1) is 9.57. The molecule has 0 spiro atoms. The van der Waals surface area contributed by atoms with Gasteiger partial charge in [0.05, 0.1) is 0 Å². The summed E-state index contributed by atoms with van der Waals surface area (Å²) in [5, 5.41) is 0. The Kier molecular flexibility index (Phi) is 2.84. The molecule has 0 saturated carbocycles. The predicted octanol–water partition coefficient (Wildman–Crippen LogP) is 0.392. The Hall–Kier alpha value is 0.570. The van der Waals surface area contributed by atoms with E-state index in [-0.39, 0.29) is 0 Å². The van der Waals surface area contributed by atoms with Crippen LogP contribution in [0.5, 0.6) is 0 Å². The molecule has 0 rings (SSSR count). The molecule has 0 aliphatic carbocycles. The Bertz CT molecular complexity index is 180. The molecule has 0 amide bonds. The molecule has 0 unspecified atom stereocenters. The van der Waals surface area contributed by atoms with E-state index in [1.165, 1.54) is 0 Å². The predicted molar refractivity (Wildman–Crippen MR) is 17.6 cm³/mol. The van der Waals surface area contributed by atoms with E-state index in [0.29, 0.717) is 0 Å². The van der Waals surface area contributed by atoms with Crippen LogP contribution in [-0.2, 0) is 28.4 Å². The molecule has 0 aromatic rings. The van der Waals surface area contributed by atoms with Gasteiger partial charge in [-0.25, -0.2) is 0 Å². The second kappa shape index (κ2) is 2.67. The van der Waals surface area contributed by atoms with Gasteiger partial charge in [0.2, 0.25) is 0 Å². The van der Waals surface area contributed by atoms with E-state index in [2.05, 4.69) is 0 Å². The third kappa shape index (κ3) is 8.57. The first-order valence-corrected chi connectivity index (χ1v) is 6.22. The molecule has 0 bridgehead atoms. The Morgan fingerprint density at radius 2 is 1.67 bits per heavy atom. The summed E-state index contributed by atoms with van der Waals surface area (Å²) in [4.78, 5) is 0. The number of hydrogen-bond donors (Lipinski definition) is 1. The van der Waals surface area contributed by atoms with Gasteiger partial charge < -0.3 is 0 Å². The van der Waals surface area contributed by atoms with Crippen LogP contribution in [0, 0.1) is 0 Å². The Labute approximate surface area is 58.6 Å². The number of halogens is 3. The fourth-order valence-electron chi connectivity index (χ4n) is 0.169. The van der Waals surface area contributed by atoms with Crippen LogP contribution in [-0.4, -0.2) is 16.9 Å². The third-order valence-electron chi connectivity index (χ3n) is 0.283. The van der Waals surface area contributed by atoms with E-state index in [1.807, 2.05) is 0 Å². The van der Waals surface area contributed by atoms with Crippen molar-refractivity contribution in [3.05, 3.63) is 0 Å². The van der Waals surface area contributed by atoms with Crippen LogP contribution >= 0.6 is 0 Å². The van der Waals surface area contributed by atoms with Crippen LogP contribution in [0.4, 0.5) is 13.2 Å². The molecule has 0 aliphatic heterocycles. The first-order valence-electron chi connectivity index (χ1n) is 1.61. The second-order valence-corrected chi connectivity index (χ2v) is 7.36. The van der Waals surface area contributed by atoms with Crippen LogP contribution in [0.1, 0.15) is 0 Å². The summed E-state index contributed by atoms with van der Waals surface area (Å²) < 4.78 is 55.3. The number of hydrogen-bond acceptors (Lipinski definition) is 2. The summed E-state index contributed by atoms with van der Waals surface area (Å²) in [5.74, 6) is 0. The molecular formula is CHF3O3SSc. The summed E-state index contributed by atoms with van der Waals surface area (Å²) in [5.41, 5.74) is 0. The minimum absolute atomic E-state index is 3.53. The van der Waals surface area contributed by atoms with Gasteiger partial charge in [-0.2, -0.15) is 0 Å². The Morgan fingerprint density at radius 1 is 1.33 bits per heavy atom. The molecule has 1 N–H and O–H groups in total. The molecule has 0 heterocycles. The summed E-state index contributed by atoms with van der Waals surface area (Å²) in [6, 6.07) is 0. The van der Waals surface area contributed by atoms with Crippen LogP contribution in [0.2, 0.25) is 0 Å². The average molecular weight is 195 g/mol. The third-order valence-corrected chi connectivity index (χ3v) is 3.50. The van der Waals surface area contributed by atoms with E-state index in [0.717, 1.165) is 0 Å². The van der Waals surface area contributed by atoms with Gasteiger partial charge in [0, 0.05) is 0 Å². The van der Waals surface area contributed by atoms with Gasteiger partial charge >= 0.3 is 58.5 Å². The maximum absolute atomic E-state index is 11.1. The first-order chi connectivity index (χ1) is 3.71. The summed E-state index contributed by atoms with van der Waals surface area (Å²) in [6.45, 7) is -4.75. The van der Waals surface area contributed by atoms with Gasteiger partial charge in [-0.15, -0.1) is 0 Å². The van der Waals surface area contributed by atoms with E-state index < -0.39 is 32.3 Å². The van der Waals surface area contributed by atoms with Gasteiger partial charge in [0.1, 0.15) is 0 Å². The van der Waals surface area contributed by atoms with Crippen molar-refractivity contribution in [1.29, 1.82) is 0 Å². The van der Waals surface area contributed by atoms with Crippen molar-refractivity contribution in [2.75, 3.05) is 0 Å². The molecule has 0 aromatic carbocycles. The minimum atomic E-state index is -4.75. The van der Waals surface area contributed by atoms with E-state index in [4.69, 9.17) is 4.55 Å². The molecule has 3 nitrogen and oxygen atoms in total. The molecule has 0 fully saturated rings. The van der Waals surface area contributed by atoms with Crippen molar-refractivity contribution < 1.29 is 47.6 Å². The van der Waals surface area contributed by atoms with Gasteiger partial charge in [-0.05, 0) is 0 Å². The van der Waals surface area contributed by atoms with Gasteiger partial charge in [0.25, 0.3) is 0 Å². The van der Waals surface area contributed by atoms with Crippen LogP contribution in [0.25, 0.3) is 0 Å². The summed E-state index contributed by atoms with van der Waals surface area (Å²) >= 11 is -3.53. The van der Waals surface area contributed by atoms with Gasteiger partial charge in [-0.1, -0.05) is 0 Å². The molecule has 0 radical (unpaired) electrons. The van der Waals surface area contributed by atoms with Crippen molar-refractivity contribution >= 4 is 6.94 Å². The van der Waals surface area contributed by atoms with Crippen molar-refractivity contribution in [2.24, 2.45) is 0 Å². The second-order valence-electron chi connectivity index (χ2n) is 1.17. The van der Waals surface area contributed by atoms with Crippen molar-refractivity contribution in [3.8, 4) is 0 Å². The monoisotopic (exact) mass is 195 g/mol. The summed E-state index contributed by atoms with van der Waals surface area (Å²) in [7, 11) is 0. The SMILES string of the molecule is O=[S](=O)(O)[Sc][C](F)(F)F. The van der Waals surface area contributed by atoms with E-state index in [1.54, 1.807) is 0 Å². The zero-order chi connectivity index (χ0) is 7.71. The number of alkyl halides is 3. The summed E-state index contributed by atoms with van der Waals surface area (Å²) in [6.07, 6.45) is 0. The van der Waals surface area contributed by atoms with Crippen molar-refractivity contribution in [2.45, 2.75) is 3.93 Å². The fourth-order valence-corrected chi connectivity index (χ4v) is 2.09. The Morgan fingerprint density at radius 3 is 1.67 bits per heavy atom. The number of rotatable bonds is 1. The van der Waals surface area contributed by atoms with E-state index in [9.17, 15) is 21.6 Å². The van der Waals surface area contributed by atoms with Crippen LogP contribution in [0.3, 0.4) is 0 Å². The zero-order valence-corrected chi connectivity index (χ0v) is 6.50. The molecule has 9 heavy (non-hydrogen) atoms. The van der Waals surface area contributed by atoms with Gasteiger partial charge in [-0.3, -0.25) is 0 Å². The normalized spacial score (nSPS) is 12.9. The van der Waals surface area contributed by atoms with E-state index >= 15 is 0 Å². The zero-order valence-electron chi connectivity index (χ0n) is 3.88. The molecule has 8 heteroatoms.